The van der Waals surface area contributed by atoms with Crippen LogP contribution >= 0.6 is 0 Å². The van der Waals surface area contributed by atoms with E-state index in [2.05, 4.69) is 0 Å². The smallest absolute Gasteiger partial charge is 0.164 e. The van der Waals surface area contributed by atoms with Gasteiger partial charge >= 0.3 is 0 Å². The highest BCUT2D eigenvalue weighted by atomic mass is 19.2. The molecule has 0 spiro atoms. The minimum atomic E-state index is -1.02. The molecule has 110 valence electrons. The zero-order valence-corrected chi connectivity index (χ0v) is 11.9. The van der Waals surface area contributed by atoms with Gasteiger partial charge in [0, 0.05) is 11.0 Å². The lowest BCUT2D eigenvalue weighted by atomic mass is 9.60. The molecule has 3 heteroatoms. The summed E-state index contributed by atoms with van der Waals surface area (Å²) in [5.41, 5.74) is 0.806. The molecule has 0 bridgehead atoms. The number of benzene rings is 2. The molecular formula is C18H18F2O. The van der Waals surface area contributed by atoms with Gasteiger partial charge in [0.25, 0.3) is 0 Å². The molecule has 0 aromatic heterocycles. The third-order valence-electron chi connectivity index (χ3n) is 4.72. The van der Waals surface area contributed by atoms with Crippen LogP contribution in [0.15, 0.2) is 42.5 Å². The van der Waals surface area contributed by atoms with Gasteiger partial charge in [0.15, 0.2) is 11.6 Å². The van der Waals surface area contributed by atoms with E-state index in [0.717, 1.165) is 24.8 Å². The first kappa shape index (κ1) is 14.2. The van der Waals surface area contributed by atoms with Crippen LogP contribution in [0.4, 0.5) is 8.78 Å². The maximum atomic E-state index is 14.2. The third kappa shape index (κ3) is 2.16. The number of aliphatic hydroxyl groups is 1. The highest BCUT2D eigenvalue weighted by Gasteiger charge is 2.46. The Hall–Kier alpha value is -1.74. The molecule has 21 heavy (non-hydrogen) atoms. The fourth-order valence-electron chi connectivity index (χ4n) is 3.22. The Balaban J connectivity index is 2.05. The number of halogens is 2. The molecule has 0 saturated heterocycles. The molecule has 1 nitrogen and oxygen atoms in total. The lowest BCUT2D eigenvalue weighted by molar-refractivity contribution is 0.0239. The summed E-state index contributed by atoms with van der Waals surface area (Å²) >= 11 is 0. The Morgan fingerprint density at radius 1 is 1.00 bits per heavy atom. The van der Waals surface area contributed by atoms with E-state index in [4.69, 9.17) is 0 Å². The standard InChI is InChI=1S/C18H18F2O/c1-12-8-9-14(16(20)15(12)19)17(21)18(10-5-11-18)13-6-3-2-4-7-13/h2-4,6-9,17,21H,5,10-11H2,1H3. The van der Waals surface area contributed by atoms with Crippen LogP contribution in [0.25, 0.3) is 0 Å². The third-order valence-corrected chi connectivity index (χ3v) is 4.72. The molecule has 1 fully saturated rings. The fourth-order valence-corrected chi connectivity index (χ4v) is 3.22. The molecule has 2 aromatic rings. The van der Waals surface area contributed by atoms with Gasteiger partial charge in [-0.25, -0.2) is 8.78 Å². The molecule has 1 saturated carbocycles. The Labute approximate surface area is 123 Å². The van der Waals surface area contributed by atoms with E-state index < -0.39 is 23.2 Å². The van der Waals surface area contributed by atoms with E-state index in [9.17, 15) is 13.9 Å². The van der Waals surface area contributed by atoms with Crippen LogP contribution in [0, 0.1) is 18.6 Å². The van der Waals surface area contributed by atoms with Gasteiger partial charge in [0.1, 0.15) is 0 Å². The summed E-state index contributed by atoms with van der Waals surface area (Å²) in [4.78, 5) is 0. The molecule has 0 aliphatic heterocycles. The van der Waals surface area contributed by atoms with Crippen molar-refractivity contribution in [3.05, 3.63) is 70.8 Å². The quantitative estimate of drug-likeness (QED) is 0.886. The van der Waals surface area contributed by atoms with E-state index in [0.29, 0.717) is 0 Å². The number of aliphatic hydroxyl groups excluding tert-OH is 1. The second-order valence-corrected chi connectivity index (χ2v) is 5.88. The Bertz CT molecular complexity index is 648. The van der Waals surface area contributed by atoms with Crippen molar-refractivity contribution in [2.75, 3.05) is 0 Å². The van der Waals surface area contributed by atoms with Gasteiger partial charge in [0.05, 0.1) is 6.10 Å². The summed E-state index contributed by atoms with van der Waals surface area (Å²) in [6.45, 7) is 1.52. The maximum absolute atomic E-state index is 14.2. The number of aryl methyl sites for hydroxylation is 1. The second-order valence-electron chi connectivity index (χ2n) is 5.88. The first-order chi connectivity index (χ1) is 10.1. The first-order valence-electron chi connectivity index (χ1n) is 7.24. The Kier molecular flexibility index (Phi) is 3.54. The predicted molar refractivity (Wildman–Crippen MR) is 78.0 cm³/mol. The highest BCUT2D eigenvalue weighted by molar-refractivity contribution is 5.36. The van der Waals surface area contributed by atoms with Crippen molar-refractivity contribution < 1.29 is 13.9 Å². The molecular weight excluding hydrogens is 270 g/mol. The number of hydrogen-bond donors (Lipinski definition) is 1. The van der Waals surface area contributed by atoms with Crippen LogP contribution in [0.2, 0.25) is 0 Å². The van der Waals surface area contributed by atoms with Crippen LogP contribution in [-0.4, -0.2) is 5.11 Å². The van der Waals surface area contributed by atoms with Crippen molar-refractivity contribution in [1.29, 1.82) is 0 Å². The zero-order valence-electron chi connectivity index (χ0n) is 11.9. The molecule has 3 rings (SSSR count). The highest BCUT2D eigenvalue weighted by Crippen LogP contribution is 2.52. The molecule has 0 radical (unpaired) electrons. The Morgan fingerprint density at radius 3 is 2.24 bits per heavy atom. The molecule has 1 atom stereocenters. The minimum absolute atomic E-state index is 0.0571. The normalized spacial score (nSPS) is 18.1. The van der Waals surface area contributed by atoms with E-state index in [1.54, 1.807) is 0 Å². The summed E-state index contributed by atoms with van der Waals surface area (Å²) < 4.78 is 28.0. The monoisotopic (exact) mass is 288 g/mol. The average molecular weight is 288 g/mol. The second kappa shape index (κ2) is 5.23. The summed E-state index contributed by atoms with van der Waals surface area (Å²) in [7, 11) is 0. The van der Waals surface area contributed by atoms with E-state index >= 15 is 0 Å². The van der Waals surface area contributed by atoms with Gasteiger partial charge in [-0.05, 0) is 30.9 Å². The zero-order chi connectivity index (χ0) is 15.0. The van der Waals surface area contributed by atoms with Crippen molar-refractivity contribution in [3.8, 4) is 0 Å². The van der Waals surface area contributed by atoms with Crippen LogP contribution in [0.3, 0.4) is 0 Å². The minimum Gasteiger partial charge on any atom is -0.387 e. The topological polar surface area (TPSA) is 20.2 Å². The van der Waals surface area contributed by atoms with Crippen molar-refractivity contribution in [2.24, 2.45) is 0 Å². The van der Waals surface area contributed by atoms with Crippen molar-refractivity contribution in [3.63, 3.8) is 0 Å². The van der Waals surface area contributed by atoms with E-state index in [1.807, 2.05) is 30.3 Å². The van der Waals surface area contributed by atoms with Crippen molar-refractivity contribution in [2.45, 2.75) is 37.7 Å². The lowest BCUT2D eigenvalue weighted by Gasteiger charge is -2.46. The van der Waals surface area contributed by atoms with Gasteiger partial charge in [0.2, 0.25) is 0 Å². The molecule has 2 aromatic carbocycles. The number of hydrogen-bond acceptors (Lipinski definition) is 1. The summed E-state index contributed by atoms with van der Waals surface area (Å²) in [5.74, 6) is -1.79. The Morgan fingerprint density at radius 2 is 1.67 bits per heavy atom. The van der Waals surface area contributed by atoms with Gasteiger partial charge in [-0.15, -0.1) is 0 Å². The fraction of sp³-hybridized carbons (Fsp3) is 0.333. The SMILES string of the molecule is Cc1ccc(C(O)C2(c3ccccc3)CCC2)c(F)c1F. The summed E-state index contributed by atoms with van der Waals surface area (Å²) in [6, 6.07) is 12.7. The lowest BCUT2D eigenvalue weighted by Crippen LogP contribution is -2.41. The average Bonchev–Trinajstić information content (AvgIpc) is 2.45. The summed E-state index contributed by atoms with van der Waals surface area (Å²) in [6.07, 6.45) is 1.53. The van der Waals surface area contributed by atoms with Crippen LogP contribution in [-0.2, 0) is 5.41 Å². The summed E-state index contributed by atoms with van der Waals surface area (Å²) in [5, 5.41) is 10.7. The molecule has 1 aliphatic rings. The predicted octanol–water partition coefficient (Wildman–Crippen LogP) is 4.43. The number of rotatable bonds is 3. The van der Waals surface area contributed by atoms with Crippen molar-refractivity contribution in [1.82, 2.24) is 0 Å². The largest absolute Gasteiger partial charge is 0.387 e. The van der Waals surface area contributed by atoms with Gasteiger partial charge in [-0.1, -0.05) is 48.9 Å². The molecule has 0 amide bonds. The molecule has 1 N–H and O–H groups in total. The molecule has 1 aliphatic carbocycles. The van der Waals surface area contributed by atoms with Gasteiger partial charge in [-0.3, -0.25) is 0 Å². The van der Waals surface area contributed by atoms with Crippen LogP contribution < -0.4 is 0 Å². The van der Waals surface area contributed by atoms with Crippen LogP contribution in [0.1, 0.15) is 42.1 Å². The van der Waals surface area contributed by atoms with E-state index in [-0.39, 0.29) is 11.1 Å². The van der Waals surface area contributed by atoms with E-state index in [1.165, 1.54) is 19.1 Å². The first-order valence-corrected chi connectivity index (χ1v) is 7.24. The maximum Gasteiger partial charge on any atom is 0.164 e. The van der Waals surface area contributed by atoms with Crippen LogP contribution in [0.5, 0.6) is 0 Å². The van der Waals surface area contributed by atoms with Gasteiger partial charge in [-0.2, -0.15) is 0 Å². The van der Waals surface area contributed by atoms with Gasteiger partial charge < -0.3 is 5.11 Å². The molecule has 1 unspecified atom stereocenters. The van der Waals surface area contributed by atoms with Crippen molar-refractivity contribution >= 4 is 0 Å². The molecule has 0 heterocycles.